The Balaban J connectivity index is 2.33. The smallest absolute Gasteiger partial charge is 0.185 e. The first-order valence-corrected chi connectivity index (χ1v) is 4.89. The van der Waals surface area contributed by atoms with Gasteiger partial charge in [-0.25, -0.2) is 8.78 Å². The topological polar surface area (TPSA) is 52.3 Å². The van der Waals surface area contributed by atoms with E-state index < -0.39 is 23.0 Å². The molecule has 0 spiro atoms. The number of halogens is 2. The number of hydrogen-bond acceptors (Lipinski definition) is 3. The van der Waals surface area contributed by atoms with Crippen LogP contribution in [0.25, 0.3) is 0 Å². The molecule has 0 aliphatic carbocycles. The van der Waals surface area contributed by atoms with E-state index in [0.717, 1.165) is 12.1 Å². The maximum absolute atomic E-state index is 12.9. The molecular formula is C11H11F2NO2. The summed E-state index contributed by atoms with van der Waals surface area (Å²) < 4.78 is 30.9. The van der Waals surface area contributed by atoms with E-state index in [1.807, 2.05) is 0 Å². The van der Waals surface area contributed by atoms with Gasteiger partial charge in [0.25, 0.3) is 0 Å². The van der Waals surface area contributed by atoms with Crippen LogP contribution in [-0.4, -0.2) is 24.5 Å². The number of ether oxygens (including phenoxy) is 1. The fraction of sp³-hybridized carbons (Fsp3) is 0.364. The SMILES string of the molecule is NC1(C(=O)c2cc(F)cc(F)c2)CCOC1. The number of benzene rings is 1. The highest BCUT2D eigenvalue weighted by Crippen LogP contribution is 2.22. The molecule has 0 amide bonds. The molecule has 1 aliphatic rings. The lowest BCUT2D eigenvalue weighted by molar-refractivity contribution is 0.0862. The Morgan fingerprint density at radius 3 is 2.44 bits per heavy atom. The van der Waals surface area contributed by atoms with Gasteiger partial charge in [-0.3, -0.25) is 4.79 Å². The average molecular weight is 227 g/mol. The molecule has 1 heterocycles. The van der Waals surface area contributed by atoms with Gasteiger partial charge in [-0.15, -0.1) is 0 Å². The maximum Gasteiger partial charge on any atom is 0.185 e. The lowest BCUT2D eigenvalue weighted by Gasteiger charge is -2.19. The Labute approximate surface area is 91.2 Å². The van der Waals surface area contributed by atoms with E-state index in [1.54, 1.807) is 0 Å². The number of ketones is 1. The number of hydrogen-bond donors (Lipinski definition) is 1. The van der Waals surface area contributed by atoms with Gasteiger partial charge in [-0.05, 0) is 18.6 Å². The van der Waals surface area contributed by atoms with Crippen molar-refractivity contribution >= 4 is 5.78 Å². The number of carbonyl (C=O) groups is 1. The molecule has 0 bridgehead atoms. The second kappa shape index (κ2) is 3.92. The number of nitrogens with two attached hydrogens (primary N) is 1. The molecule has 2 N–H and O–H groups in total. The van der Waals surface area contributed by atoms with E-state index in [-0.39, 0.29) is 12.2 Å². The molecular weight excluding hydrogens is 216 g/mol. The van der Waals surface area contributed by atoms with Crippen molar-refractivity contribution in [2.24, 2.45) is 5.73 Å². The molecule has 1 atom stereocenters. The van der Waals surface area contributed by atoms with E-state index in [0.29, 0.717) is 19.1 Å². The Morgan fingerprint density at radius 1 is 1.31 bits per heavy atom. The van der Waals surface area contributed by atoms with Crippen molar-refractivity contribution in [3.8, 4) is 0 Å². The summed E-state index contributed by atoms with van der Waals surface area (Å²) in [5.41, 5.74) is 4.61. The van der Waals surface area contributed by atoms with Crippen LogP contribution < -0.4 is 5.73 Å². The van der Waals surface area contributed by atoms with Crippen molar-refractivity contribution in [2.45, 2.75) is 12.0 Å². The van der Waals surface area contributed by atoms with Crippen LogP contribution in [0.3, 0.4) is 0 Å². The van der Waals surface area contributed by atoms with Crippen molar-refractivity contribution in [3.63, 3.8) is 0 Å². The van der Waals surface area contributed by atoms with Crippen LogP contribution in [0.4, 0.5) is 8.78 Å². The first-order chi connectivity index (χ1) is 7.51. The lowest BCUT2D eigenvalue weighted by atomic mass is 9.89. The zero-order valence-corrected chi connectivity index (χ0v) is 8.50. The normalized spacial score (nSPS) is 24.7. The Bertz CT molecular complexity index is 408. The standard InChI is InChI=1S/C11H11F2NO2/c12-8-3-7(4-9(13)5-8)10(15)11(14)1-2-16-6-11/h3-5H,1-2,6,14H2. The largest absolute Gasteiger partial charge is 0.379 e. The van der Waals surface area contributed by atoms with Crippen molar-refractivity contribution in [1.82, 2.24) is 0 Å². The first-order valence-electron chi connectivity index (χ1n) is 4.89. The van der Waals surface area contributed by atoms with Crippen LogP contribution in [0.15, 0.2) is 18.2 Å². The van der Waals surface area contributed by atoms with E-state index in [2.05, 4.69) is 0 Å². The Hall–Kier alpha value is -1.33. The van der Waals surface area contributed by atoms with E-state index in [1.165, 1.54) is 0 Å². The van der Waals surface area contributed by atoms with Gasteiger partial charge < -0.3 is 10.5 Å². The van der Waals surface area contributed by atoms with Crippen molar-refractivity contribution in [2.75, 3.05) is 13.2 Å². The van der Waals surface area contributed by atoms with Gasteiger partial charge >= 0.3 is 0 Å². The van der Waals surface area contributed by atoms with Crippen LogP contribution in [-0.2, 0) is 4.74 Å². The molecule has 0 saturated carbocycles. The fourth-order valence-electron chi connectivity index (χ4n) is 1.73. The zero-order chi connectivity index (χ0) is 11.8. The fourth-order valence-corrected chi connectivity index (χ4v) is 1.73. The van der Waals surface area contributed by atoms with Crippen LogP contribution >= 0.6 is 0 Å². The summed E-state index contributed by atoms with van der Waals surface area (Å²) in [6, 6.07) is 2.68. The number of carbonyl (C=O) groups excluding carboxylic acids is 1. The molecule has 86 valence electrons. The second-order valence-corrected chi connectivity index (χ2v) is 3.95. The number of rotatable bonds is 2. The molecule has 1 aliphatic heterocycles. The highest BCUT2D eigenvalue weighted by molar-refractivity contribution is 6.03. The Morgan fingerprint density at radius 2 is 1.94 bits per heavy atom. The van der Waals surface area contributed by atoms with Crippen molar-refractivity contribution < 1.29 is 18.3 Å². The third-order valence-corrected chi connectivity index (χ3v) is 2.63. The predicted molar refractivity (Wildman–Crippen MR) is 53.0 cm³/mol. The van der Waals surface area contributed by atoms with Gasteiger partial charge in [-0.1, -0.05) is 0 Å². The average Bonchev–Trinajstić information content (AvgIpc) is 2.64. The van der Waals surface area contributed by atoms with Gasteiger partial charge in [0.15, 0.2) is 5.78 Å². The minimum Gasteiger partial charge on any atom is -0.379 e. The maximum atomic E-state index is 12.9. The van der Waals surface area contributed by atoms with Gasteiger partial charge in [0.05, 0.1) is 6.61 Å². The molecule has 0 radical (unpaired) electrons. The lowest BCUT2D eigenvalue weighted by Crippen LogP contribution is -2.48. The molecule has 1 aromatic carbocycles. The zero-order valence-electron chi connectivity index (χ0n) is 8.50. The minimum atomic E-state index is -1.15. The van der Waals surface area contributed by atoms with E-state index >= 15 is 0 Å². The summed E-state index contributed by atoms with van der Waals surface area (Å²) in [6.07, 6.45) is 0.365. The molecule has 1 saturated heterocycles. The van der Waals surface area contributed by atoms with Gasteiger partial charge in [0.1, 0.15) is 17.2 Å². The Kier molecular flexibility index (Phi) is 2.73. The highest BCUT2D eigenvalue weighted by Gasteiger charge is 2.38. The van der Waals surface area contributed by atoms with Crippen LogP contribution in [0, 0.1) is 11.6 Å². The monoisotopic (exact) mass is 227 g/mol. The van der Waals surface area contributed by atoms with Gasteiger partial charge in [-0.2, -0.15) is 0 Å². The summed E-state index contributed by atoms with van der Waals surface area (Å²) in [4.78, 5) is 11.9. The number of Topliss-reactive ketones (excluding diaryl/α,β-unsaturated/α-hetero) is 1. The third kappa shape index (κ3) is 1.96. The van der Waals surface area contributed by atoms with Crippen LogP contribution in [0.5, 0.6) is 0 Å². The second-order valence-electron chi connectivity index (χ2n) is 3.95. The molecule has 1 fully saturated rings. The molecule has 1 unspecified atom stereocenters. The van der Waals surface area contributed by atoms with E-state index in [4.69, 9.17) is 10.5 Å². The molecule has 16 heavy (non-hydrogen) atoms. The minimum absolute atomic E-state index is 0.0505. The summed E-state index contributed by atoms with van der Waals surface area (Å²) in [6.45, 7) is 0.476. The molecule has 5 heteroatoms. The summed E-state index contributed by atoms with van der Waals surface area (Å²) in [7, 11) is 0. The molecule has 1 aromatic rings. The quantitative estimate of drug-likeness (QED) is 0.774. The third-order valence-electron chi connectivity index (χ3n) is 2.63. The van der Waals surface area contributed by atoms with Gasteiger partial charge in [0, 0.05) is 18.2 Å². The van der Waals surface area contributed by atoms with E-state index in [9.17, 15) is 13.6 Å². The molecule has 3 nitrogen and oxygen atoms in total. The van der Waals surface area contributed by atoms with Crippen molar-refractivity contribution in [1.29, 1.82) is 0 Å². The first kappa shape index (κ1) is 11.2. The van der Waals surface area contributed by atoms with Gasteiger partial charge in [0.2, 0.25) is 0 Å². The van der Waals surface area contributed by atoms with Crippen LogP contribution in [0.1, 0.15) is 16.8 Å². The molecule has 0 aromatic heterocycles. The summed E-state index contributed by atoms with van der Waals surface area (Å²) >= 11 is 0. The van der Waals surface area contributed by atoms with Crippen LogP contribution in [0.2, 0.25) is 0 Å². The van der Waals surface area contributed by atoms with Crippen molar-refractivity contribution in [3.05, 3.63) is 35.4 Å². The highest BCUT2D eigenvalue weighted by atomic mass is 19.1. The summed E-state index contributed by atoms with van der Waals surface area (Å²) in [5, 5.41) is 0. The summed E-state index contributed by atoms with van der Waals surface area (Å²) in [5.74, 6) is -2.06. The predicted octanol–water partition coefficient (Wildman–Crippen LogP) is 1.27. The molecule has 2 rings (SSSR count).